The maximum atomic E-state index is 10.4. The third-order valence-electron chi connectivity index (χ3n) is 7.21. The maximum Gasteiger partial charge on any atom is 0.120 e. The van der Waals surface area contributed by atoms with Gasteiger partial charge in [-0.3, -0.25) is 9.88 Å². The Bertz CT molecular complexity index is 831. The van der Waals surface area contributed by atoms with Gasteiger partial charge in [-0.15, -0.1) is 0 Å². The normalized spacial score (nSPS) is 19.5. The van der Waals surface area contributed by atoms with Crippen molar-refractivity contribution in [3.05, 3.63) is 53.9 Å². The van der Waals surface area contributed by atoms with E-state index in [0.29, 0.717) is 18.2 Å². The van der Waals surface area contributed by atoms with Crippen molar-refractivity contribution in [1.82, 2.24) is 19.7 Å². The van der Waals surface area contributed by atoms with Crippen LogP contribution < -0.4 is 4.74 Å². The van der Waals surface area contributed by atoms with Crippen molar-refractivity contribution in [2.24, 2.45) is 5.92 Å². The molecule has 1 N–H and O–H groups in total. The van der Waals surface area contributed by atoms with Crippen LogP contribution in [-0.4, -0.2) is 77.7 Å². The van der Waals surface area contributed by atoms with Crippen LogP contribution in [0.25, 0.3) is 0 Å². The number of phenols is 1. The first-order chi connectivity index (χ1) is 15.6. The third kappa shape index (κ3) is 6.21. The molecule has 0 spiro atoms. The van der Waals surface area contributed by atoms with Crippen LogP contribution in [0.5, 0.6) is 11.5 Å². The molecule has 2 saturated heterocycles. The highest BCUT2D eigenvalue weighted by Gasteiger charge is 2.28. The van der Waals surface area contributed by atoms with Gasteiger partial charge in [0.25, 0.3) is 0 Å². The molecule has 4 rings (SSSR count). The second-order valence-electron chi connectivity index (χ2n) is 9.53. The summed E-state index contributed by atoms with van der Waals surface area (Å²) < 4.78 is 5.39. The number of pyridine rings is 1. The molecular formula is C26H38N4O2. The molecule has 32 heavy (non-hydrogen) atoms. The number of hydrogen-bond acceptors (Lipinski definition) is 6. The van der Waals surface area contributed by atoms with Gasteiger partial charge in [0.15, 0.2) is 0 Å². The summed E-state index contributed by atoms with van der Waals surface area (Å²) in [6.45, 7) is 7.50. The quantitative estimate of drug-likeness (QED) is 0.680. The molecule has 0 amide bonds. The zero-order valence-corrected chi connectivity index (χ0v) is 19.6. The lowest BCUT2D eigenvalue weighted by Crippen LogP contribution is -2.47. The van der Waals surface area contributed by atoms with E-state index < -0.39 is 0 Å². The fraction of sp³-hybridized carbons (Fsp3) is 0.577. The molecule has 6 heteroatoms. The number of rotatable bonds is 8. The second kappa shape index (κ2) is 11.1. The van der Waals surface area contributed by atoms with Crippen LogP contribution >= 0.6 is 0 Å². The molecule has 2 aliphatic rings. The van der Waals surface area contributed by atoms with Gasteiger partial charge in [-0.05, 0) is 101 Å². The number of likely N-dealkylation sites (tertiary alicyclic amines) is 2. The van der Waals surface area contributed by atoms with Crippen molar-refractivity contribution in [3.8, 4) is 11.5 Å². The Labute approximate surface area is 192 Å². The van der Waals surface area contributed by atoms with Crippen molar-refractivity contribution in [2.45, 2.75) is 44.8 Å². The van der Waals surface area contributed by atoms with Crippen LogP contribution in [0, 0.1) is 5.92 Å². The number of methoxy groups -OCH3 is 1. The van der Waals surface area contributed by atoms with E-state index in [2.05, 4.69) is 38.9 Å². The average molecular weight is 439 g/mol. The number of benzene rings is 1. The van der Waals surface area contributed by atoms with E-state index in [1.165, 1.54) is 57.4 Å². The van der Waals surface area contributed by atoms with Crippen molar-refractivity contribution >= 4 is 0 Å². The fourth-order valence-electron chi connectivity index (χ4n) is 5.21. The number of piperidine rings is 2. The summed E-state index contributed by atoms with van der Waals surface area (Å²) in [5.41, 5.74) is 2.17. The van der Waals surface area contributed by atoms with Crippen molar-refractivity contribution in [1.29, 1.82) is 0 Å². The van der Waals surface area contributed by atoms with E-state index in [9.17, 15) is 5.11 Å². The molecule has 3 heterocycles. The monoisotopic (exact) mass is 438 g/mol. The minimum atomic E-state index is 0.336. The zero-order valence-electron chi connectivity index (χ0n) is 19.6. The molecule has 0 saturated carbocycles. The molecule has 1 aromatic carbocycles. The number of nitrogens with zero attached hydrogens (tertiary/aromatic N) is 4. The first-order valence-electron chi connectivity index (χ1n) is 12.0. The topological polar surface area (TPSA) is 52.1 Å². The minimum absolute atomic E-state index is 0.336. The fourth-order valence-corrected chi connectivity index (χ4v) is 5.21. The molecular weight excluding hydrogens is 400 g/mol. The molecule has 1 aromatic heterocycles. The Hall–Kier alpha value is -2.15. The zero-order chi connectivity index (χ0) is 22.3. The van der Waals surface area contributed by atoms with E-state index >= 15 is 0 Å². The van der Waals surface area contributed by atoms with Gasteiger partial charge in [-0.2, -0.15) is 0 Å². The van der Waals surface area contributed by atoms with Crippen LogP contribution in [0.2, 0.25) is 0 Å². The summed E-state index contributed by atoms with van der Waals surface area (Å²) >= 11 is 0. The molecule has 0 aliphatic carbocycles. The van der Waals surface area contributed by atoms with Crippen molar-refractivity contribution in [2.75, 3.05) is 46.9 Å². The van der Waals surface area contributed by atoms with Crippen LogP contribution in [-0.2, 0) is 13.1 Å². The molecule has 0 unspecified atom stereocenters. The molecule has 0 bridgehead atoms. The Morgan fingerprint density at radius 3 is 2.41 bits per heavy atom. The summed E-state index contributed by atoms with van der Waals surface area (Å²) in [6.07, 6.45) is 8.84. The SMILES string of the molecule is COc1ccc(O)c(CN(Cc2ccncc2)CC2CCN(C3CCN(C)CC3)CC2)c1. The molecule has 0 radical (unpaired) electrons. The van der Waals surface area contributed by atoms with E-state index in [4.69, 9.17) is 4.74 Å². The van der Waals surface area contributed by atoms with Crippen molar-refractivity contribution in [3.63, 3.8) is 0 Å². The number of aromatic nitrogens is 1. The lowest BCUT2D eigenvalue weighted by Gasteiger charge is -2.42. The predicted molar refractivity (Wildman–Crippen MR) is 128 cm³/mol. The first kappa shape index (κ1) is 23.0. The first-order valence-corrected chi connectivity index (χ1v) is 12.0. The Morgan fingerprint density at radius 1 is 1.00 bits per heavy atom. The third-order valence-corrected chi connectivity index (χ3v) is 7.21. The summed E-state index contributed by atoms with van der Waals surface area (Å²) in [5.74, 6) is 1.81. The highest BCUT2D eigenvalue weighted by atomic mass is 16.5. The summed E-state index contributed by atoms with van der Waals surface area (Å²) in [4.78, 5) is 11.8. The van der Waals surface area contributed by atoms with Crippen LogP contribution in [0.15, 0.2) is 42.7 Å². The lowest BCUT2D eigenvalue weighted by atomic mass is 9.92. The van der Waals surface area contributed by atoms with Gasteiger partial charge in [0.05, 0.1) is 7.11 Å². The number of ether oxygens (including phenoxy) is 1. The highest BCUT2D eigenvalue weighted by Crippen LogP contribution is 2.28. The van der Waals surface area contributed by atoms with E-state index in [0.717, 1.165) is 30.4 Å². The number of phenolic OH excluding ortho intramolecular Hbond substituents is 1. The van der Waals surface area contributed by atoms with E-state index in [-0.39, 0.29) is 0 Å². The molecule has 0 atom stereocenters. The van der Waals surface area contributed by atoms with Crippen LogP contribution in [0.3, 0.4) is 0 Å². The summed E-state index contributed by atoms with van der Waals surface area (Å²) in [7, 11) is 3.91. The van der Waals surface area contributed by atoms with Crippen LogP contribution in [0.1, 0.15) is 36.8 Å². The molecule has 2 aliphatic heterocycles. The minimum Gasteiger partial charge on any atom is -0.508 e. The predicted octanol–water partition coefficient (Wildman–Crippen LogP) is 3.60. The second-order valence-corrected chi connectivity index (χ2v) is 9.53. The van der Waals surface area contributed by atoms with Gasteiger partial charge in [0.2, 0.25) is 0 Å². The van der Waals surface area contributed by atoms with Gasteiger partial charge in [0.1, 0.15) is 11.5 Å². The van der Waals surface area contributed by atoms with Gasteiger partial charge in [-0.1, -0.05) is 0 Å². The summed E-state index contributed by atoms with van der Waals surface area (Å²) in [5, 5.41) is 10.4. The smallest absolute Gasteiger partial charge is 0.120 e. The average Bonchev–Trinajstić information content (AvgIpc) is 2.82. The largest absolute Gasteiger partial charge is 0.508 e. The van der Waals surface area contributed by atoms with Crippen molar-refractivity contribution < 1.29 is 9.84 Å². The lowest BCUT2D eigenvalue weighted by molar-refractivity contribution is 0.0727. The van der Waals surface area contributed by atoms with E-state index in [1.807, 2.05) is 24.5 Å². The maximum absolute atomic E-state index is 10.4. The molecule has 2 fully saturated rings. The standard InChI is InChI=1S/C26H38N4O2/c1-28-13-9-24(10-14-28)30-15-7-22(8-16-30)19-29(18-21-5-11-27-12-6-21)20-23-17-25(32-2)3-4-26(23)31/h3-6,11-12,17,22,24,31H,7-10,13-16,18-20H2,1-2H3. The molecule has 174 valence electrons. The van der Waals surface area contributed by atoms with E-state index in [1.54, 1.807) is 13.2 Å². The number of hydrogen-bond donors (Lipinski definition) is 1. The Morgan fingerprint density at radius 2 is 1.72 bits per heavy atom. The van der Waals surface area contributed by atoms with Gasteiger partial charge >= 0.3 is 0 Å². The van der Waals surface area contributed by atoms with Crippen LogP contribution in [0.4, 0.5) is 0 Å². The van der Waals surface area contributed by atoms with Gasteiger partial charge in [-0.25, -0.2) is 0 Å². The highest BCUT2D eigenvalue weighted by molar-refractivity contribution is 5.39. The van der Waals surface area contributed by atoms with Gasteiger partial charge in [0, 0.05) is 43.6 Å². The Kier molecular flexibility index (Phi) is 8.00. The molecule has 6 nitrogen and oxygen atoms in total. The number of aromatic hydroxyl groups is 1. The molecule has 2 aromatic rings. The van der Waals surface area contributed by atoms with Gasteiger partial charge < -0.3 is 19.6 Å². The summed E-state index contributed by atoms with van der Waals surface area (Å²) in [6, 6.07) is 10.4. The Balaban J connectivity index is 1.38.